The van der Waals surface area contributed by atoms with Crippen molar-refractivity contribution in [2.24, 2.45) is 0 Å². The summed E-state index contributed by atoms with van der Waals surface area (Å²) in [5.74, 6) is -0.459. The molecule has 2 aromatic rings. The van der Waals surface area contributed by atoms with Crippen LogP contribution in [0.5, 0.6) is 5.75 Å². The predicted molar refractivity (Wildman–Crippen MR) is 81.9 cm³/mol. The highest BCUT2D eigenvalue weighted by molar-refractivity contribution is 9.10. The monoisotopic (exact) mass is 374 g/mol. The van der Waals surface area contributed by atoms with Gasteiger partial charge in [0.15, 0.2) is 5.75 Å². The molecule has 0 saturated heterocycles. The van der Waals surface area contributed by atoms with Gasteiger partial charge in [0.1, 0.15) is 6.61 Å². The number of carbonyl (C=O) groups is 1. The fraction of sp³-hybridized carbons (Fsp3) is 0.0714. The zero-order chi connectivity index (χ0) is 14.7. The molecule has 0 spiro atoms. The van der Waals surface area contributed by atoms with Crippen LogP contribution in [0.4, 0.5) is 0 Å². The minimum atomic E-state index is -0.957. The Hall–Kier alpha value is -1.23. The van der Waals surface area contributed by atoms with E-state index in [1.165, 1.54) is 12.1 Å². The number of carboxylic acid groups (broad SMARTS) is 1. The van der Waals surface area contributed by atoms with Crippen molar-refractivity contribution in [2.45, 2.75) is 6.61 Å². The molecule has 0 aromatic heterocycles. The molecular weight excluding hydrogens is 367 g/mol. The standard InChI is InChI=1S/C14H9BrCl2O3/c15-11-5-10(16)6-12(17)13(11)20-7-8-1-3-9(4-2-8)14(18)19/h1-6H,7H2,(H,18,19). The Labute approximate surface area is 134 Å². The SMILES string of the molecule is O=C(O)c1ccc(COc2c(Cl)cc(Cl)cc2Br)cc1. The average Bonchev–Trinajstić information content (AvgIpc) is 2.38. The lowest BCUT2D eigenvalue weighted by Crippen LogP contribution is -1.99. The normalized spacial score (nSPS) is 10.3. The van der Waals surface area contributed by atoms with Crippen molar-refractivity contribution >= 4 is 45.1 Å². The number of halogens is 3. The third-order valence-corrected chi connectivity index (χ3v) is 3.64. The molecule has 3 nitrogen and oxygen atoms in total. The molecule has 0 bridgehead atoms. The van der Waals surface area contributed by atoms with Crippen molar-refractivity contribution in [3.05, 3.63) is 62.0 Å². The lowest BCUT2D eigenvalue weighted by molar-refractivity contribution is 0.0697. The van der Waals surface area contributed by atoms with Crippen LogP contribution in [-0.4, -0.2) is 11.1 Å². The molecule has 0 heterocycles. The van der Waals surface area contributed by atoms with Gasteiger partial charge in [-0.15, -0.1) is 0 Å². The summed E-state index contributed by atoms with van der Waals surface area (Å²) in [5, 5.41) is 9.74. The fourth-order valence-electron chi connectivity index (χ4n) is 1.57. The van der Waals surface area contributed by atoms with E-state index < -0.39 is 5.97 Å². The van der Waals surface area contributed by atoms with E-state index in [4.69, 9.17) is 33.0 Å². The second-order valence-corrected chi connectivity index (χ2v) is 5.69. The number of carboxylic acids is 1. The van der Waals surface area contributed by atoms with Crippen LogP contribution in [0.15, 0.2) is 40.9 Å². The average molecular weight is 376 g/mol. The molecule has 20 heavy (non-hydrogen) atoms. The second-order valence-electron chi connectivity index (χ2n) is 3.99. The van der Waals surface area contributed by atoms with E-state index in [1.54, 1.807) is 24.3 Å². The number of hydrogen-bond donors (Lipinski definition) is 1. The van der Waals surface area contributed by atoms with Gasteiger partial charge in [-0.3, -0.25) is 0 Å². The molecule has 0 atom stereocenters. The van der Waals surface area contributed by atoms with E-state index >= 15 is 0 Å². The van der Waals surface area contributed by atoms with E-state index in [2.05, 4.69) is 15.9 Å². The molecule has 104 valence electrons. The van der Waals surface area contributed by atoms with Gasteiger partial charge < -0.3 is 9.84 Å². The zero-order valence-electron chi connectivity index (χ0n) is 10.1. The molecule has 0 unspecified atom stereocenters. The van der Waals surface area contributed by atoms with Crippen LogP contribution in [0.3, 0.4) is 0 Å². The number of aromatic carboxylic acids is 1. The van der Waals surface area contributed by atoms with Crippen molar-refractivity contribution in [3.63, 3.8) is 0 Å². The molecule has 0 fully saturated rings. The van der Waals surface area contributed by atoms with E-state index in [-0.39, 0.29) is 12.2 Å². The highest BCUT2D eigenvalue weighted by Crippen LogP contribution is 2.36. The van der Waals surface area contributed by atoms with Crippen molar-refractivity contribution in [1.82, 2.24) is 0 Å². The van der Waals surface area contributed by atoms with Gasteiger partial charge in [0.05, 0.1) is 15.1 Å². The molecule has 0 aliphatic rings. The summed E-state index contributed by atoms with van der Waals surface area (Å²) >= 11 is 15.2. The molecule has 2 rings (SSSR count). The first-order valence-corrected chi connectivity index (χ1v) is 7.12. The maximum absolute atomic E-state index is 10.7. The fourth-order valence-corrected chi connectivity index (χ4v) is 2.93. The van der Waals surface area contributed by atoms with Crippen molar-refractivity contribution in [2.75, 3.05) is 0 Å². The Balaban J connectivity index is 2.11. The lowest BCUT2D eigenvalue weighted by Gasteiger charge is -2.10. The summed E-state index contributed by atoms with van der Waals surface area (Å²) in [6.07, 6.45) is 0. The largest absolute Gasteiger partial charge is 0.486 e. The van der Waals surface area contributed by atoms with Crippen LogP contribution in [-0.2, 0) is 6.61 Å². The predicted octanol–water partition coefficient (Wildman–Crippen LogP) is 5.03. The summed E-state index contributed by atoms with van der Waals surface area (Å²) in [4.78, 5) is 10.7. The molecule has 1 N–H and O–H groups in total. The Kier molecular flexibility index (Phi) is 4.91. The molecular formula is C14H9BrCl2O3. The first-order chi connectivity index (χ1) is 9.47. The van der Waals surface area contributed by atoms with Crippen LogP contribution in [0.25, 0.3) is 0 Å². The van der Waals surface area contributed by atoms with Gasteiger partial charge in [-0.05, 0) is 45.8 Å². The molecule has 2 aromatic carbocycles. The van der Waals surface area contributed by atoms with Gasteiger partial charge in [-0.25, -0.2) is 4.79 Å². The maximum Gasteiger partial charge on any atom is 0.335 e. The summed E-state index contributed by atoms with van der Waals surface area (Å²) < 4.78 is 6.29. The number of hydrogen-bond acceptors (Lipinski definition) is 2. The van der Waals surface area contributed by atoms with Gasteiger partial charge >= 0.3 is 5.97 Å². The number of ether oxygens (including phenoxy) is 1. The Morgan fingerprint density at radius 2 is 1.85 bits per heavy atom. The smallest absolute Gasteiger partial charge is 0.335 e. The van der Waals surface area contributed by atoms with Crippen LogP contribution < -0.4 is 4.74 Å². The summed E-state index contributed by atoms with van der Waals surface area (Å²) in [7, 11) is 0. The minimum absolute atomic E-state index is 0.236. The molecule has 0 aliphatic carbocycles. The first kappa shape index (κ1) is 15.2. The Morgan fingerprint density at radius 3 is 2.40 bits per heavy atom. The highest BCUT2D eigenvalue weighted by atomic mass is 79.9. The molecule has 0 saturated carbocycles. The summed E-state index contributed by atoms with van der Waals surface area (Å²) in [6.45, 7) is 0.278. The number of rotatable bonds is 4. The second kappa shape index (κ2) is 6.48. The Morgan fingerprint density at radius 1 is 1.20 bits per heavy atom. The Bertz CT molecular complexity index is 618. The van der Waals surface area contributed by atoms with Gasteiger partial charge in [-0.1, -0.05) is 35.3 Å². The zero-order valence-corrected chi connectivity index (χ0v) is 13.2. The minimum Gasteiger partial charge on any atom is -0.486 e. The summed E-state index contributed by atoms with van der Waals surface area (Å²) in [5.41, 5.74) is 1.08. The molecule has 0 amide bonds. The van der Waals surface area contributed by atoms with Crippen LogP contribution in [0, 0.1) is 0 Å². The maximum atomic E-state index is 10.7. The topological polar surface area (TPSA) is 46.5 Å². The van der Waals surface area contributed by atoms with Crippen LogP contribution >= 0.6 is 39.1 Å². The lowest BCUT2D eigenvalue weighted by atomic mass is 10.1. The summed E-state index contributed by atoms with van der Waals surface area (Å²) in [6, 6.07) is 9.73. The molecule has 6 heteroatoms. The van der Waals surface area contributed by atoms with Gasteiger partial charge in [0.25, 0.3) is 0 Å². The van der Waals surface area contributed by atoms with E-state index in [0.29, 0.717) is 20.3 Å². The van der Waals surface area contributed by atoms with Gasteiger partial charge in [0.2, 0.25) is 0 Å². The number of benzene rings is 2. The third kappa shape index (κ3) is 3.66. The molecule has 0 radical (unpaired) electrons. The van der Waals surface area contributed by atoms with Crippen molar-refractivity contribution < 1.29 is 14.6 Å². The van der Waals surface area contributed by atoms with Gasteiger partial charge in [-0.2, -0.15) is 0 Å². The third-order valence-electron chi connectivity index (χ3n) is 2.55. The van der Waals surface area contributed by atoms with E-state index in [0.717, 1.165) is 5.56 Å². The quantitative estimate of drug-likeness (QED) is 0.814. The molecule has 0 aliphatic heterocycles. The van der Waals surface area contributed by atoms with Gasteiger partial charge in [0, 0.05) is 5.02 Å². The van der Waals surface area contributed by atoms with Crippen molar-refractivity contribution in [3.8, 4) is 5.75 Å². The first-order valence-electron chi connectivity index (χ1n) is 5.57. The highest BCUT2D eigenvalue weighted by Gasteiger charge is 2.09. The van der Waals surface area contributed by atoms with Crippen LogP contribution in [0.1, 0.15) is 15.9 Å². The van der Waals surface area contributed by atoms with Crippen molar-refractivity contribution in [1.29, 1.82) is 0 Å². The van der Waals surface area contributed by atoms with E-state index in [1.807, 2.05) is 0 Å². The van der Waals surface area contributed by atoms with E-state index in [9.17, 15) is 4.79 Å². The van der Waals surface area contributed by atoms with Crippen LogP contribution in [0.2, 0.25) is 10.0 Å².